The molecule has 130 valence electrons. The number of aryl methyl sites for hydroxylation is 3. The van der Waals surface area contributed by atoms with Crippen molar-refractivity contribution in [2.45, 2.75) is 33.7 Å². The van der Waals surface area contributed by atoms with Crippen molar-refractivity contribution in [3.05, 3.63) is 69.6 Å². The Kier molecular flexibility index (Phi) is 5.14. The predicted octanol–water partition coefficient (Wildman–Crippen LogP) is 5.07. The van der Waals surface area contributed by atoms with Crippen LogP contribution >= 0.6 is 11.6 Å². The molecule has 3 rings (SSSR count). The zero-order valence-electron chi connectivity index (χ0n) is 14.9. The van der Waals surface area contributed by atoms with Gasteiger partial charge in [0.15, 0.2) is 0 Å². The summed E-state index contributed by atoms with van der Waals surface area (Å²) in [6.07, 6.45) is 2.82. The number of allylic oxidation sites excluding steroid dienone is 1. The van der Waals surface area contributed by atoms with Crippen LogP contribution in [0.15, 0.2) is 47.3 Å². The van der Waals surface area contributed by atoms with E-state index in [2.05, 4.69) is 26.0 Å². The lowest BCUT2D eigenvalue weighted by Crippen LogP contribution is -2.23. The second-order valence-corrected chi connectivity index (χ2v) is 6.81. The fraction of sp³-hybridized carbons (Fsp3) is 0.286. The van der Waals surface area contributed by atoms with Crippen LogP contribution in [0.2, 0.25) is 0 Å². The van der Waals surface area contributed by atoms with E-state index in [4.69, 9.17) is 11.6 Å². The Balaban J connectivity index is 2.23. The third kappa shape index (κ3) is 3.42. The number of halogens is 1. The maximum atomic E-state index is 13.1. The van der Waals surface area contributed by atoms with E-state index in [9.17, 15) is 4.79 Å². The molecule has 1 aromatic heterocycles. The van der Waals surface area contributed by atoms with Crippen LogP contribution < -0.4 is 5.69 Å². The molecule has 0 fully saturated rings. The third-order valence-electron chi connectivity index (χ3n) is 4.59. The number of nitrogens with zero attached hydrogens (tertiary/aromatic N) is 2. The fourth-order valence-corrected chi connectivity index (χ4v) is 3.26. The Morgan fingerprint density at radius 1 is 1.08 bits per heavy atom. The van der Waals surface area contributed by atoms with Gasteiger partial charge in [0, 0.05) is 18.1 Å². The van der Waals surface area contributed by atoms with Gasteiger partial charge in [-0.1, -0.05) is 30.3 Å². The Labute approximate surface area is 153 Å². The molecule has 2 aromatic carbocycles. The van der Waals surface area contributed by atoms with Crippen molar-refractivity contribution in [1.82, 2.24) is 9.13 Å². The van der Waals surface area contributed by atoms with Crippen LogP contribution in [0.1, 0.15) is 30.0 Å². The van der Waals surface area contributed by atoms with Gasteiger partial charge >= 0.3 is 5.69 Å². The first kappa shape index (κ1) is 17.6. The highest BCUT2D eigenvalue weighted by Gasteiger charge is 2.15. The van der Waals surface area contributed by atoms with Gasteiger partial charge in [0.2, 0.25) is 0 Å². The molecule has 0 spiro atoms. The number of fused-ring (bicyclic) bond motifs is 1. The van der Waals surface area contributed by atoms with Gasteiger partial charge in [-0.25, -0.2) is 4.79 Å². The normalized spacial score (nSPS) is 12.1. The predicted molar refractivity (Wildman–Crippen MR) is 107 cm³/mol. The van der Waals surface area contributed by atoms with Gasteiger partial charge in [0.25, 0.3) is 0 Å². The summed E-state index contributed by atoms with van der Waals surface area (Å²) >= 11 is 5.85. The van der Waals surface area contributed by atoms with Crippen molar-refractivity contribution >= 4 is 34.4 Å². The summed E-state index contributed by atoms with van der Waals surface area (Å²) in [4.78, 5) is 13.1. The minimum Gasteiger partial charge on any atom is -0.292 e. The zero-order chi connectivity index (χ0) is 18.0. The third-order valence-corrected chi connectivity index (χ3v) is 4.86. The topological polar surface area (TPSA) is 26.9 Å². The number of rotatable bonds is 5. The van der Waals surface area contributed by atoms with Crippen LogP contribution in [0.25, 0.3) is 22.8 Å². The van der Waals surface area contributed by atoms with E-state index in [1.165, 1.54) is 11.1 Å². The molecular weight excluding hydrogens is 332 g/mol. The van der Waals surface area contributed by atoms with E-state index in [0.29, 0.717) is 12.4 Å². The second-order valence-electron chi connectivity index (χ2n) is 6.43. The molecule has 1 heterocycles. The molecule has 3 aromatic rings. The van der Waals surface area contributed by atoms with E-state index in [0.717, 1.165) is 28.7 Å². The van der Waals surface area contributed by atoms with Crippen LogP contribution in [-0.4, -0.2) is 15.0 Å². The minimum atomic E-state index is -0.00482. The molecule has 0 aliphatic heterocycles. The van der Waals surface area contributed by atoms with Gasteiger partial charge in [0.1, 0.15) is 0 Å². The highest BCUT2D eigenvalue weighted by Crippen LogP contribution is 2.22. The van der Waals surface area contributed by atoms with Gasteiger partial charge in [-0.15, -0.1) is 11.6 Å². The zero-order valence-corrected chi connectivity index (χ0v) is 15.7. The molecule has 0 saturated heterocycles. The molecule has 0 amide bonds. The Morgan fingerprint density at radius 3 is 2.36 bits per heavy atom. The highest BCUT2D eigenvalue weighted by molar-refractivity contribution is 6.17. The molecule has 0 aliphatic rings. The first-order valence-electron chi connectivity index (χ1n) is 8.55. The molecule has 0 unspecified atom stereocenters. The Bertz CT molecular complexity index is 981. The number of alkyl halides is 1. The number of hydrogen-bond donors (Lipinski definition) is 0. The number of hydrogen-bond acceptors (Lipinski definition) is 1. The first-order valence-corrected chi connectivity index (χ1v) is 9.08. The lowest BCUT2D eigenvalue weighted by atomic mass is 10.1. The van der Waals surface area contributed by atoms with E-state index >= 15 is 0 Å². The van der Waals surface area contributed by atoms with Crippen LogP contribution in [0.4, 0.5) is 0 Å². The van der Waals surface area contributed by atoms with Crippen molar-refractivity contribution in [2.24, 2.45) is 0 Å². The summed E-state index contributed by atoms with van der Waals surface area (Å²) in [5, 5.41) is 0. The first-order chi connectivity index (χ1) is 12.0. The van der Waals surface area contributed by atoms with Crippen LogP contribution in [0.5, 0.6) is 0 Å². The quantitative estimate of drug-likeness (QED) is 0.588. The van der Waals surface area contributed by atoms with E-state index in [-0.39, 0.29) is 5.69 Å². The fourth-order valence-electron chi connectivity index (χ4n) is 3.14. The van der Waals surface area contributed by atoms with Crippen LogP contribution in [-0.2, 0) is 6.54 Å². The number of aromatic nitrogens is 2. The minimum absolute atomic E-state index is 0.00482. The average molecular weight is 355 g/mol. The summed E-state index contributed by atoms with van der Waals surface area (Å²) in [5.41, 5.74) is 6.28. The molecule has 0 N–H and O–H groups in total. The molecule has 0 bridgehead atoms. The summed E-state index contributed by atoms with van der Waals surface area (Å²) in [5.74, 6) is 0.544. The largest absolute Gasteiger partial charge is 0.333 e. The number of imidazole rings is 1. The SMILES string of the molecule is CC(=Cc1ccccc1)n1c(=O)n(CCCCl)c2cc(C)c(C)cc21. The smallest absolute Gasteiger partial charge is 0.292 e. The second kappa shape index (κ2) is 7.32. The van der Waals surface area contributed by atoms with Crippen molar-refractivity contribution in [1.29, 1.82) is 0 Å². The van der Waals surface area contributed by atoms with Gasteiger partial charge in [-0.2, -0.15) is 0 Å². The van der Waals surface area contributed by atoms with E-state index < -0.39 is 0 Å². The van der Waals surface area contributed by atoms with Gasteiger partial charge in [-0.3, -0.25) is 9.13 Å². The van der Waals surface area contributed by atoms with Crippen molar-refractivity contribution in [2.75, 3.05) is 5.88 Å². The maximum absolute atomic E-state index is 13.1. The highest BCUT2D eigenvalue weighted by atomic mass is 35.5. The molecule has 3 nitrogen and oxygen atoms in total. The monoisotopic (exact) mass is 354 g/mol. The molecule has 4 heteroatoms. The molecule has 0 radical (unpaired) electrons. The molecule has 0 atom stereocenters. The summed E-state index contributed by atoms with van der Waals surface area (Å²) in [6.45, 7) is 6.77. The lowest BCUT2D eigenvalue weighted by molar-refractivity contribution is 0.668. The molecule has 0 saturated carbocycles. The van der Waals surface area contributed by atoms with Crippen molar-refractivity contribution in [3.63, 3.8) is 0 Å². The average Bonchev–Trinajstić information content (AvgIpc) is 2.85. The Hall–Kier alpha value is -2.26. The maximum Gasteiger partial charge on any atom is 0.333 e. The van der Waals surface area contributed by atoms with E-state index in [1.807, 2.05) is 52.5 Å². The Morgan fingerprint density at radius 2 is 1.72 bits per heavy atom. The standard InChI is InChI=1S/C21H23ClN2O/c1-15-12-19-20(13-16(15)2)24(21(25)23(19)11-7-10-22)17(3)14-18-8-5-4-6-9-18/h4-6,8-9,12-14H,7,10-11H2,1-3H3. The summed E-state index contributed by atoms with van der Waals surface area (Å²) in [6, 6.07) is 14.3. The number of benzene rings is 2. The molecule has 0 aliphatic carbocycles. The van der Waals surface area contributed by atoms with Crippen molar-refractivity contribution < 1.29 is 0 Å². The summed E-state index contributed by atoms with van der Waals surface area (Å²) in [7, 11) is 0. The molecule has 25 heavy (non-hydrogen) atoms. The van der Waals surface area contributed by atoms with Gasteiger partial charge in [0.05, 0.1) is 11.0 Å². The van der Waals surface area contributed by atoms with Crippen molar-refractivity contribution in [3.8, 4) is 0 Å². The summed E-state index contributed by atoms with van der Waals surface area (Å²) < 4.78 is 3.65. The van der Waals surface area contributed by atoms with Gasteiger partial charge in [-0.05, 0) is 62.1 Å². The molecular formula is C21H23ClN2O. The lowest BCUT2D eigenvalue weighted by Gasteiger charge is -2.06. The van der Waals surface area contributed by atoms with Crippen LogP contribution in [0, 0.1) is 13.8 Å². The van der Waals surface area contributed by atoms with E-state index in [1.54, 1.807) is 0 Å². The van der Waals surface area contributed by atoms with Crippen LogP contribution in [0.3, 0.4) is 0 Å². The van der Waals surface area contributed by atoms with Gasteiger partial charge < -0.3 is 0 Å².